The Morgan fingerprint density at radius 3 is 2.17 bits per heavy atom. The largest absolute Gasteiger partial charge is 0.403 e. The fourth-order valence-electron chi connectivity index (χ4n) is 1.83. The van der Waals surface area contributed by atoms with Crippen LogP contribution in [0.3, 0.4) is 0 Å². The minimum absolute atomic E-state index is 0. The van der Waals surface area contributed by atoms with Gasteiger partial charge < -0.3 is 10.2 Å². The van der Waals surface area contributed by atoms with E-state index in [9.17, 15) is 18.0 Å². The van der Waals surface area contributed by atoms with Crippen molar-refractivity contribution in [1.82, 2.24) is 15.1 Å². The van der Waals surface area contributed by atoms with E-state index in [-0.39, 0.29) is 37.9 Å². The zero-order valence-corrected chi connectivity index (χ0v) is 11.3. The van der Waals surface area contributed by atoms with E-state index < -0.39 is 12.2 Å². The topological polar surface area (TPSA) is 35.6 Å². The molecule has 1 aliphatic rings. The fraction of sp³-hybridized carbons (Fsp3) is 0.900. The van der Waals surface area contributed by atoms with Crippen molar-refractivity contribution >= 4 is 18.3 Å². The lowest BCUT2D eigenvalue weighted by molar-refractivity contribution is -0.182. The third kappa shape index (κ3) is 4.62. The van der Waals surface area contributed by atoms with E-state index in [1.807, 2.05) is 0 Å². The summed E-state index contributed by atoms with van der Waals surface area (Å²) in [7, 11) is 1.67. The number of nitrogens with one attached hydrogen (secondary N) is 1. The second-order valence-electron chi connectivity index (χ2n) is 4.16. The second-order valence-corrected chi connectivity index (χ2v) is 4.16. The molecule has 0 aromatic carbocycles. The van der Waals surface area contributed by atoms with E-state index in [4.69, 9.17) is 0 Å². The van der Waals surface area contributed by atoms with E-state index in [1.54, 1.807) is 11.9 Å². The standard InChI is InChI=1S/C10H18F3N3O.ClH/c1-8(10(11,12)13)15-3-5-16(6-4-15)9(17)7-14-2;/h8,14H,3-7H2,1-2H3;1H. The quantitative estimate of drug-likeness (QED) is 0.832. The first kappa shape index (κ1) is 17.5. The molecule has 18 heavy (non-hydrogen) atoms. The summed E-state index contributed by atoms with van der Waals surface area (Å²) in [6.45, 7) is 2.66. The Bertz CT molecular complexity index is 268. The highest BCUT2D eigenvalue weighted by Crippen LogP contribution is 2.25. The average Bonchev–Trinajstić information content (AvgIpc) is 2.27. The molecule has 1 heterocycles. The van der Waals surface area contributed by atoms with Gasteiger partial charge in [-0.15, -0.1) is 12.4 Å². The van der Waals surface area contributed by atoms with Crippen LogP contribution in [0.1, 0.15) is 6.92 Å². The number of carbonyl (C=O) groups is 1. The van der Waals surface area contributed by atoms with Crippen molar-refractivity contribution in [3.8, 4) is 0 Å². The molecule has 1 rings (SSSR count). The minimum atomic E-state index is -4.20. The number of piperazine rings is 1. The molecule has 4 nitrogen and oxygen atoms in total. The smallest absolute Gasteiger partial charge is 0.339 e. The van der Waals surface area contributed by atoms with Crippen LogP contribution in [0, 0.1) is 0 Å². The summed E-state index contributed by atoms with van der Waals surface area (Å²) in [6.07, 6.45) is -4.20. The number of rotatable bonds is 3. The molecule has 0 aliphatic carbocycles. The Kier molecular flexibility index (Phi) is 6.94. The van der Waals surface area contributed by atoms with E-state index in [1.165, 1.54) is 4.90 Å². The molecule has 0 spiro atoms. The molecule has 0 bridgehead atoms. The average molecular weight is 290 g/mol. The summed E-state index contributed by atoms with van der Waals surface area (Å²) < 4.78 is 37.4. The van der Waals surface area contributed by atoms with Crippen molar-refractivity contribution in [2.75, 3.05) is 39.8 Å². The lowest BCUT2D eigenvalue weighted by Crippen LogP contribution is -2.55. The van der Waals surface area contributed by atoms with Gasteiger partial charge >= 0.3 is 6.18 Å². The summed E-state index contributed by atoms with van der Waals surface area (Å²) in [6, 6.07) is -1.44. The molecule has 0 radical (unpaired) electrons. The predicted molar refractivity (Wildman–Crippen MR) is 64.8 cm³/mol. The third-order valence-electron chi connectivity index (χ3n) is 3.02. The van der Waals surface area contributed by atoms with Crippen molar-refractivity contribution < 1.29 is 18.0 Å². The highest BCUT2D eigenvalue weighted by molar-refractivity contribution is 5.85. The minimum Gasteiger partial charge on any atom is -0.339 e. The number of nitrogens with zero attached hydrogens (tertiary/aromatic N) is 2. The van der Waals surface area contributed by atoms with Gasteiger partial charge in [0.15, 0.2) is 0 Å². The lowest BCUT2D eigenvalue weighted by Gasteiger charge is -2.38. The van der Waals surface area contributed by atoms with Gasteiger partial charge in [-0.1, -0.05) is 0 Å². The lowest BCUT2D eigenvalue weighted by atomic mass is 10.2. The van der Waals surface area contributed by atoms with Gasteiger partial charge in [-0.2, -0.15) is 13.2 Å². The molecule has 0 aromatic rings. The molecule has 1 unspecified atom stereocenters. The van der Waals surface area contributed by atoms with Gasteiger partial charge in [-0.25, -0.2) is 0 Å². The Balaban J connectivity index is 0.00000289. The molecule has 0 aromatic heterocycles. The maximum atomic E-state index is 12.5. The van der Waals surface area contributed by atoms with E-state index in [0.29, 0.717) is 13.1 Å². The Morgan fingerprint density at radius 1 is 1.28 bits per heavy atom. The van der Waals surface area contributed by atoms with Crippen LogP contribution in [0.4, 0.5) is 13.2 Å². The summed E-state index contributed by atoms with van der Waals surface area (Å²) in [5.41, 5.74) is 0. The normalized spacial score (nSPS) is 19.3. The van der Waals surface area contributed by atoms with Crippen LogP contribution in [0.15, 0.2) is 0 Å². The molecule has 1 N–H and O–H groups in total. The first-order valence-corrected chi connectivity index (χ1v) is 5.59. The summed E-state index contributed by atoms with van der Waals surface area (Å²) >= 11 is 0. The summed E-state index contributed by atoms with van der Waals surface area (Å²) in [4.78, 5) is 14.5. The maximum absolute atomic E-state index is 12.5. The zero-order valence-electron chi connectivity index (χ0n) is 10.5. The molecular formula is C10H19ClF3N3O. The van der Waals surface area contributed by atoms with E-state index in [0.717, 1.165) is 6.92 Å². The number of likely N-dealkylation sites (N-methyl/N-ethyl adjacent to an activating group) is 1. The number of hydrogen-bond donors (Lipinski definition) is 1. The second kappa shape index (κ2) is 7.16. The summed E-state index contributed by atoms with van der Waals surface area (Å²) in [5, 5.41) is 2.74. The van der Waals surface area contributed by atoms with Crippen molar-refractivity contribution in [2.45, 2.75) is 19.1 Å². The SMILES string of the molecule is CNCC(=O)N1CCN(C(C)C(F)(F)F)CC1.Cl. The monoisotopic (exact) mass is 289 g/mol. The molecular weight excluding hydrogens is 271 g/mol. The molecule has 1 atom stereocenters. The van der Waals surface area contributed by atoms with Gasteiger partial charge in [-0.05, 0) is 14.0 Å². The van der Waals surface area contributed by atoms with Crippen LogP contribution in [-0.4, -0.2) is 67.7 Å². The van der Waals surface area contributed by atoms with Crippen molar-refractivity contribution in [2.24, 2.45) is 0 Å². The van der Waals surface area contributed by atoms with Gasteiger partial charge in [0.25, 0.3) is 0 Å². The van der Waals surface area contributed by atoms with Gasteiger partial charge in [0.05, 0.1) is 6.54 Å². The van der Waals surface area contributed by atoms with Crippen molar-refractivity contribution in [1.29, 1.82) is 0 Å². The maximum Gasteiger partial charge on any atom is 0.403 e. The molecule has 1 amide bonds. The first-order chi connectivity index (χ1) is 7.86. The molecule has 1 aliphatic heterocycles. The number of carbonyl (C=O) groups excluding carboxylic acids is 1. The van der Waals surface area contributed by atoms with Crippen LogP contribution in [0.5, 0.6) is 0 Å². The highest BCUT2D eigenvalue weighted by Gasteiger charge is 2.41. The molecule has 8 heteroatoms. The molecule has 1 fully saturated rings. The number of amides is 1. The van der Waals surface area contributed by atoms with Crippen molar-refractivity contribution in [3.05, 3.63) is 0 Å². The van der Waals surface area contributed by atoms with Crippen LogP contribution in [0.2, 0.25) is 0 Å². The summed E-state index contributed by atoms with van der Waals surface area (Å²) in [5.74, 6) is -0.0631. The predicted octanol–water partition coefficient (Wildman–Crippen LogP) is 0.723. The van der Waals surface area contributed by atoms with Crippen molar-refractivity contribution in [3.63, 3.8) is 0 Å². The number of hydrogen-bond acceptors (Lipinski definition) is 3. The van der Waals surface area contributed by atoms with Crippen LogP contribution >= 0.6 is 12.4 Å². The Morgan fingerprint density at radius 2 is 1.78 bits per heavy atom. The van der Waals surface area contributed by atoms with Gasteiger partial charge in [0.2, 0.25) is 5.91 Å². The fourth-order valence-corrected chi connectivity index (χ4v) is 1.83. The highest BCUT2D eigenvalue weighted by atomic mass is 35.5. The van der Waals surface area contributed by atoms with Crippen LogP contribution in [0.25, 0.3) is 0 Å². The third-order valence-corrected chi connectivity index (χ3v) is 3.02. The number of alkyl halides is 3. The molecule has 1 saturated heterocycles. The van der Waals surface area contributed by atoms with Crippen LogP contribution < -0.4 is 5.32 Å². The van der Waals surface area contributed by atoms with Gasteiger partial charge in [0.1, 0.15) is 6.04 Å². The van der Waals surface area contributed by atoms with Gasteiger partial charge in [-0.3, -0.25) is 9.69 Å². The van der Waals surface area contributed by atoms with E-state index >= 15 is 0 Å². The first-order valence-electron chi connectivity index (χ1n) is 5.59. The Hall–Kier alpha value is -0.530. The number of halogens is 4. The Labute approximate surface area is 111 Å². The van der Waals surface area contributed by atoms with Crippen LogP contribution in [-0.2, 0) is 4.79 Å². The van der Waals surface area contributed by atoms with Gasteiger partial charge in [0, 0.05) is 26.2 Å². The zero-order chi connectivity index (χ0) is 13.1. The molecule has 108 valence electrons. The van der Waals surface area contributed by atoms with E-state index in [2.05, 4.69) is 5.32 Å². The molecule has 0 saturated carbocycles.